The maximum atomic E-state index is 12.8. The Hall–Kier alpha value is -3.85. The maximum absolute atomic E-state index is 12.8. The number of aryl methyl sites for hydroxylation is 1. The number of ether oxygens (including phenoxy) is 1. The molecule has 0 unspecified atom stereocenters. The third kappa shape index (κ3) is 4.28. The number of nitro benzene ring substituents is 1. The zero-order valence-corrected chi connectivity index (χ0v) is 18.0. The van der Waals surface area contributed by atoms with E-state index in [2.05, 4.69) is 0 Å². The van der Waals surface area contributed by atoms with Crippen molar-refractivity contribution < 1.29 is 23.7 Å². The van der Waals surface area contributed by atoms with Gasteiger partial charge >= 0.3 is 0 Å². The van der Waals surface area contributed by atoms with Crippen molar-refractivity contribution >= 4 is 34.7 Å². The fourth-order valence-corrected chi connectivity index (χ4v) is 4.03. The molecule has 3 aromatic rings. The summed E-state index contributed by atoms with van der Waals surface area (Å²) in [4.78, 5) is 37.5. The second-order valence-corrected chi connectivity index (χ2v) is 8.09. The van der Waals surface area contributed by atoms with Gasteiger partial charge in [0.05, 0.1) is 35.1 Å². The second kappa shape index (κ2) is 8.72. The summed E-state index contributed by atoms with van der Waals surface area (Å²) in [6, 6.07) is 15.2. The van der Waals surface area contributed by atoms with Gasteiger partial charge in [0, 0.05) is 6.08 Å². The van der Waals surface area contributed by atoms with Gasteiger partial charge in [0.15, 0.2) is 0 Å². The molecule has 4 rings (SSSR count). The van der Waals surface area contributed by atoms with E-state index in [-0.39, 0.29) is 33.7 Å². The molecule has 1 saturated heterocycles. The van der Waals surface area contributed by atoms with Crippen molar-refractivity contribution in [1.82, 2.24) is 4.90 Å². The smallest absolute Gasteiger partial charge is 0.293 e. The minimum absolute atomic E-state index is 0.163. The molecule has 2 heterocycles. The molecule has 1 aliphatic heterocycles. The lowest BCUT2D eigenvalue weighted by Crippen LogP contribution is -2.27. The minimum atomic E-state index is -0.517. The van der Waals surface area contributed by atoms with E-state index >= 15 is 0 Å². The predicted octanol–water partition coefficient (Wildman–Crippen LogP) is 5.41. The summed E-state index contributed by atoms with van der Waals surface area (Å²) >= 11 is 0.831. The number of methoxy groups -OCH3 is 1. The Morgan fingerprint density at radius 2 is 1.88 bits per heavy atom. The lowest BCUT2D eigenvalue weighted by Gasteiger charge is -2.12. The molecule has 2 aromatic carbocycles. The first-order valence-electron chi connectivity index (χ1n) is 9.59. The van der Waals surface area contributed by atoms with Crippen LogP contribution >= 0.6 is 11.8 Å². The fraction of sp³-hybridized carbons (Fsp3) is 0.130. The molecule has 8 nitrogen and oxygen atoms in total. The number of imide groups is 1. The Kier molecular flexibility index (Phi) is 5.83. The molecule has 0 N–H and O–H groups in total. The first kappa shape index (κ1) is 21.4. The van der Waals surface area contributed by atoms with E-state index in [0.717, 1.165) is 22.9 Å². The van der Waals surface area contributed by atoms with Gasteiger partial charge in [-0.1, -0.05) is 29.8 Å². The predicted molar refractivity (Wildman–Crippen MR) is 120 cm³/mol. The summed E-state index contributed by atoms with van der Waals surface area (Å²) < 4.78 is 10.8. The molecule has 0 aliphatic carbocycles. The third-order valence-corrected chi connectivity index (χ3v) is 5.81. The van der Waals surface area contributed by atoms with Gasteiger partial charge in [0.2, 0.25) is 0 Å². The molecule has 9 heteroatoms. The van der Waals surface area contributed by atoms with Crippen LogP contribution in [-0.2, 0) is 11.3 Å². The van der Waals surface area contributed by atoms with Gasteiger partial charge in [-0.3, -0.25) is 24.6 Å². The number of nitrogens with zero attached hydrogens (tertiary/aromatic N) is 2. The Bertz CT molecular complexity index is 1250. The topological polar surface area (TPSA) is 103 Å². The van der Waals surface area contributed by atoms with E-state index in [0.29, 0.717) is 11.5 Å². The van der Waals surface area contributed by atoms with E-state index in [1.54, 1.807) is 18.2 Å². The standard InChI is InChI=1S/C23H18N2O6S/c1-14-3-5-15(6-4-14)13-24-22(26)21(32-23(24)27)12-17-8-10-20(31-17)18-9-7-16(30-2)11-19(18)25(28)29/h3-12H,13H2,1-2H3/b21-12+. The number of carbonyl (C=O) groups is 2. The first-order valence-corrected chi connectivity index (χ1v) is 10.4. The lowest BCUT2D eigenvalue weighted by molar-refractivity contribution is -0.384. The van der Waals surface area contributed by atoms with Gasteiger partial charge < -0.3 is 9.15 Å². The van der Waals surface area contributed by atoms with Crippen LogP contribution in [0.3, 0.4) is 0 Å². The van der Waals surface area contributed by atoms with Crippen molar-refractivity contribution in [2.75, 3.05) is 7.11 Å². The molecule has 2 amide bonds. The molecule has 0 atom stereocenters. The van der Waals surface area contributed by atoms with Crippen LogP contribution in [0, 0.1) is 17.0 Å². The molecule has 0 spiro atoms. The van der Waals surface area contributed by atoms with Crippen molar-refractivity contribution in [3.63, 3.8) is 0 Å². The molecule has 32 heavy (non-hydrogen) atoms. The van der Waals surface area contributed by atoms with Crippen LogP contribution in [0.25, 0.3) is 17.4 Å². The molecule has 0 bridgehead atoms. The summed E-state index contributed by atoms with van der Waals surface area (Å²) in [5.41, 5.74) is 2.06. The van der Waals surface area contributed by atoms with E-state index in [1.165, 1.54) is 30.2 Å². The average molecular weight is 450 g/mol. The number of thioether (sulfide) groups is 1. The molecule has 1 fully saturated rings. The Morgan fingerprint density at radius 3 is 2.56 bits per heavy atom. The van der Waals surface area contributed by atoms with Gasteiger partial charge in [-0.05, 0) is 48.5 Å². The zero-order chi connectivity index (χ0) is 22.8. The van der Waals surface area contributed by atoms with Crippen molar-refractivity contribution in [2.24, 2.45) is 0 Å². The quantitative estimate of drug-likeness (QED) is 0.281. The van der Waals surface area contributed by atoms with Gasteiger partial charge in [-0.2, -0.15) is 0 Å². The van der Waals surface area contributed by atoms with Crippen LogP contribution in [-0.4, -0.2) is 28.1 Å². The highest BCUT2D eigenvalue weighted by atomic mass is 32.2. The summed E-state index contributed by atoms with van der Waals surface area (Å²) in [6.07, 6.45) is 1.47. The number of rotatable bonds is 6. The SMILES string of the molecule is COc1ccc(-c2ccc(/C=C3/SC(=O)N(Cc4ccc(C)cc4)C3=O)o2)c([N+](=O)[O-])c1. The van der Waals surface area contributed by atoms with Gasteiger partial charge in [-0.15, -0.1) is 0 Å². The summed E-state index contributed by atoms with van der Waals surface area (Å²) in [7, 11) is 1.43. The molecule has 162 valence electrons. The molecular weight excluding hydrogens is 432 g/mol. The van der Waals surface area contributed by atoms with Crippen LogP contribution in [0.5, 0.6) is 5.75 Å². The number of hydrogen-bond donors (Lipinski definition) is 0. The summed E-state index contributed by atoms with van der Waals surface area (Å²) in [5, 5.41) is 11.1. The Balaban J connectivity index is 1.57. The second-order valence-electron chi connectivity index (χ2n) is 7.10. The summed E-state index contributed by atoms with van der Waals surface area (Å²) in [5.74, 6) is 0.527. The van der Waals surface area contributed by atoms with Crippen molar-refractivity contribution in [3.05, 3.63) is 86.5 Å². The van der Waals surface area contributed by atoms with Gasteiger partial charge in [0.1, 0.15) is 17.3 Å². The Morgan fingerprint density at radius 1 is 1.12 bits per heavy atom. The molecule has 0 saturated carbocycles. The molecule has 0 radical (unpaired) electrons. The summed E-state index contributed by atoms with van der Waals surface area (Å²) in [6.45, 7) is 2.15. The van der Waals surface area contributed by atoms with Gasteiger partial charge in [-0.25, -0.2) is 0 Å². The normalized spacial score (nSPS) is 14.9. The van der Waals surface area contributed by atoms with Crippen molar-refractivity contribution in [3.8, 4) is 17.1 Å². The number of furan rings is 1. The number of benzene rings is 2. The number of hydrogen-bond acceptors (Lipinski definition) is 7. The minimum Gasteiger partial charge on any atom is -0.497 e. The number of amides is 2. The van der Waals surface area contributed by atoms with Gasteiger partial charge in [0.25, 0.3) is 16.8 Å². The lowest BCUT2D eigenvalue weighted by atomic mass is 10.1. The Labute approximate surface area is 187 Å². The number of carbonyl (C=O) groups excluding carboxylic acids is 2. The van der Waals surface area contributed by atoms with E-state index in [1.807, 2.05) is 31.2 Å². The highest BCUT2D eigenvalue weighted by molar-refractivity contribution is 8.18. The highest BCUT2D eigenvalue weighted by Crippen LogP contribution is 2.37. The van der Waals surface area contributed by atoms with Crippen LogP contribution in [0.2, 0.25) is 0 Å². The highest BCUT2D eigenvalue weighted by Gasteiger charge is 2.35. The van der Waals surface area contributed by atoms with Crippen molar-refractivity contribution in [2.45, 2.75) is 13.5 Å². The van der Waals surface area contributed by atoms with Crippen LogP contribution in [0.15, 0.2) is 63.9 Å². The van der Waals surface area contributed by atoms with E-state index in [9.17, 15) is 19.7 Å². The zero-order valence-electron chi connectivity index (χ0n) is 17.2. The van der Waals surface area contributed by atoms with Crippen LogP contribution in [0.4, 0.5) is 10.5 Å². The first-order chi connectivity index (χ1) is 15.4. The maximum Gasteiger partial charge on any atom is 0.293 e. The van der Waals surface area contributed by atoms with Crippen molar-refractivity contribution in [1.29, 1.82) is 0 Å². The monoisotopic (exact) mass is 450 g/mol. The molecular formula is C23H18N2O6S. The average Bonchev–Trinajstić information content (AvgIpc) is 3.35. The third-order valence-electron chi connectivity index (χ3n) is 4.90. The van der Waals surface area contributed by atoms with Crippen LogP contribution < -0.4 is 4.74 Å². The number of nitro groups is 1. The largest absolute Gasteiger partial charge is 0.497 e. The molecule has 1 aromatic heterocycles. The van der Waals surface area contributed by atoms with E-state index in [4.69, 9.17) is 9.15 Å². The fourth-order valence-electron chi connectivity index (χ4n) is 3.21. The molecule has 1 aliphatic rings. The van der Waals surface area contributed by atoms with E-state index < -0.39 is 10.8 Å². The van der Waals surface area contributed by atoms with Crippen LogP contribution in [0.1, 0.15) is 16.9 Å².